The van der Waals surface area contributed by atoms with E-state index in [9.17, 15) is 9.59 Å². The highest BCUT2D eigenvalue weighted by atomic mass is 16.2. The minimum Gasteiger partial charge on any atom is -0.347 e. The molecule has 1 aliphatic carbocycles. The Morgan fingerprint density at radius 1 is 1.27 bits per heavy atom. The predicted molar refractivity (Wildman–Crippen MR) is 94.3 cm³/mol. The van der Waals surface area contributed by atoms with Crippen LogP contribution in [0, 0.1) is 18.3 Å². The molecular formula is C18H20N6O2. The molecule has 1 aliphatic rings. The Labute approximate surface area is 150 Å². The second-order valence-electron chi connectivity index (χ2n) is 6.71. The van der Waals surface area contributed by atoms with Gasteiger partial charge in [0.2, 0.25) is 5.91 Å². The number of fused-ring (bicyclic) bond motifs is 1. The fraction of sp³-hybridized carbons (Fsp3) is 0.389. The van der Waals surface area contributed by atoms with Crippen LogP contribution in [0.4, 0.5) is 0 Å². The molecule has 1 saturated carbocycles. The van der Waals surface area contributed by atoms with Gasteiger partial charge in [-0.3, -0.25) is 9.59 Å². The van der Waals surface area contributed by atoms with E-state index in [0.717, 1.165) is 5.57 Å². The number of carbonyl (C=O) groups is 2. The topological polar surface area (TPSA) is 112 Å². The molecule has 8 heteroatoms. The molecule has 26 heavy (non-hydrogen) atoms. The van der Waals surface area contributed by atoms with Crippen molar-refractivity contribution in [2.45, 2.75) is 46.2 Å². The molecule has 134 valence electrons. The summed E-state index contributed by atoms with van der Waals surface area (Å²) >= 11 is 0. The average Bonchev–Trinajstić information content (AvgIpc) is 3.17. The molecule has 2 atom stereocenters. The maximum Gasteiger partial charge on any atom is 0.270 e. The summed E-state index contributed by atoms with van der Waals surface area (Å²) in [7, 11) is 0. The fourth-order valence-electron chi connectivity index (χ4n) is 2.58. The van der Waals surface area contributed by atoms with E-state index in [1.807, 2.05) is 19.9 Å². The van der Waals surface area contributed by atoms with Crippen LogP contribution >= 0.6 is 0 Å². The Bertz CT molecular complexity index is 977. The molecule has 2 aromatic heterocycles. The number of nitrogens with zero attached hydrogens (tertiary/aromatic N) is 4. The summed E-state index contributed by atoms with van der Waals surface area (Å²) in [4.78, 5) is 29.0. The fourth-order valence-corrected chi connectivity index (χ4v) is 2.58. The molecule has 0 radical (unpaired) electrons. The molecule has 0 aromatic carbocycles. The normalized spacial score (nSPS) is 18.1. The number of aromatic nitrogens is 3. The standard InChI is InChI=1S/C18H20N6O2/c1-9(2)11(4)17(25)22-13-6-14(13)23-18(26)15-5-10(3)21-16-12(7-19)8-20-24(15)16/h5,8,13-14H,6H2,1-4H3,(H,22,25)(H,23,26)/t13-,14-/m1/s1. The Hall–Kier alpha value is -3.21. The molecule has 0 spiro atoms. The highest BCUT2D eigenvalue weighted by Crippen LogP contribution is 2.23. The summed E-state index contributed by atoms with van der Waals surface area (Å²) in [5.41, 5.74) is 3.26. The van der Waals surface area contributed by atoms with Gasteiger partial charge in [-0.05, 0) is 40.2 Å². The third-order valence-electron chi connectivity index (χ3n) is 4.47. The number of carbonyl (C=O) groups excluding carboxylic acids is 2. The molecule has 1 fully saturated rings. The quantitative estimate of drug-likeness (QED) is 0.804. The Balaban J connectivity index is 1.72. The second-order valence-corrected chi connectivity index (χ2v) is 6.71. The van der Waals surface area contributed by atoms with Crippen LogP contribution < -0.4 is 10.6 Å². The van der Waals surface area contributed by atoms with Gasteiger partial charge in [-0.2, -0.15) is 10.4 Å². The highest BCUT2D eigenvalue weighted by molar-refractivity contribution is 5.95. The Morgan fingerprint density at radius 2 is 1.96 bits per heavy atom. The van der Waals surface area contributed by atoms with Gasteiger partial charge >= 0.3 is 0 Å². The number of amides is 2. The lowest BCUT2D eigenvalue weighted by Crippen LogP contribution is -2.36. The first kappa shape index (κ1) is 17.6. The van der Waals surface area contributed by atoms with Crippen LogP contribution in [0.3, 0.4) is 0 Å². The van der Waals surface area contributed by atoms with Crippen LogP contribution in [0.5, 0.6) is 0 Å². The van der Waals surface area contributed by atoms with Gasteiger partial charge in [0, 0.05) is 11.3 Å². The predicted octanol–water partition coefficient (Wildman–Crippen LogP) is 1.25. The zero-order chi connectivity index (χ0) is 19.0. The summed E-state index contributed by atoms with van der Waals surface area (Å²) in [5.74, 6) is -0.423. The van der Waals surface area contributed by atoms with Gasteiger partial charge in [-0.15, -0.1) is 0 Å². The maximum absolute atomic E-state index is 12.6. The van der Waals surface area contributed by atoms with Crippen LogP contribution in [-0.2, 0) is 4.79 Å². The van der Waals surface area contributed by atoms with E-state index < -0.39 is 0 Å². The van der Waals surface area contributed by atoms with Gasteiger partial charge in [-0.1, -0.05) is 5.57 Å². The first-order valence-electron chi connectivity index (χ1n) is 8.33. The second kappa shape index (κ2) is 6.59. The lowest BCUT2D eigenvalue weighted by molar-refractivity contribution is -0.117. The zero-order valence-electron chi connectivity index (χ0n) is 15.1. The van der Waals surface area contributed by atoms with Crippen molar-refractivity contribution < 1.29 is 9.59 Å². The van der Waals surface area contributed by atoms with Crippen LogP contribution in [0.25, 0.3) is 5.65 Å². The maximum atomic E-state index is 12.6. The first-order valence-corrected chi connectivity index (χ1v) is 8.33. The number of hydrogen-bond donors (Lipinski definition) is 2. The highest BCUT2D eigenvalue weighted by Gasteiger charge is 2.40. The molecule has 0 bridgehead atoms. The van der Waals surface area contributed by atoms with Crippen molar-refractivity contribution in [3.8, 4) is 6.07 Å². The third kappa shape index (κ3) is 3.28. The first-order chi connectivity index (χ1) is 12.3. The molecular weight excluding hydrogens is 332 g/mol. The van der Waals surface area contributed by atoms with E-state index in [0.29, 0.717) is 34.6 Å². The molecule has 3 rings (SSSR count). The van der Waals surface area contributed by atoms with Crippen LogP contribution in [-0.4, -0.2) is 38.5 Å². The van der Waals surface area contributed by atoms with Crippen LogP contribution in [0.15, 0.2) is 23.4 Å². The minimum absolute atomic E-state index is 0.0773. The van der Waals surface area contributed by atoms with Crippen molar-refractivity contribution in [2.24, 2.45) is 0 Å². The number of hydrogen-bond acceptors (Lipinski definition) is 5. The van der Waals surface area contributed by atoms with Crippen molar-refractivity contribution in [1.29, 1.82) is 5.26 Å². The summed E-state index contributed by atoms with van der Waals surface area (Å²) in [6, 6.07) is 3.44. The summed E-state index contributed by atoms with van der Waals surface area (Å²) in [6.07, 6.45) is 2.07. The van der Waals surface area contributed by atoms with E-state index in [-0.39, 0.29) is 23.9 Å². The van der Waals surface area contributed by atoms with Crippen molar-refractivity contribution in [1.82, 2.24) is 25.2 Å². The van der Waals surface area contributed by atoms with Gasteiger partial charge in [0.1, 0.15) is 17.3 Å². The van der Waals surface area contributed by atoms with E-state index >= 15 is 0 Å². The molecule has 0 aliphatic heterocycles. The lowest BCUT2D eigenvalue weighted by Gasteiger charge is -2.09. The van der Waals surface area contributed by atoms with Crippen molar-refractivity contribution in [2.75, 3.05) is 0 Å². The van der Waals surface area contributed by atoms with Crippen LogP contribution in [0.2, 0.25) is 0 Å². The monoisotopic (exact) mass is 352 g/mol. The summed E-state index contributed by atoms with van der Waals surface area (Å²) in [5, 5.41) is 19.0. The summed E-state index contributed by atoms with van der Waals surface area (Å²) < 4.78 is 1.37. The van der Waals surface area contributed by atoms with Crippen LogP contribution in [0.1, 0.15) is 48.9 Å². The number of rotatable bonds is 4. The number of nitriles is 1. The van der Waals surface area contributed by atoms with Gasteiger partial charge < -0.3 is 10.6 Å². The summed E-state index contributed by atoms with van der Waals surface area (Å²) in [6.45, 7) is 7.31. The van der Waals surface area contributed by atoms with E-state index in [2.05, 4.69) is 20.7 Å². The zero-order valence-corrected chi connectivity index (χ0v) is 15.1. The van der Waals surface area contributed by atoms with Gasteiger partial charge in [-0.25, -0.2) is 9.50 Å². The molecule has 2 heterocycles. The molecule has 2 amide bonds. The van der Waals surface area contributed by atoms with Gasteiger partial charge in [0.25, 0.3) is 5.91 Å². The molecule has 2 aromatic rings. The minimum atomic E-state index is -0.311. The average molecular weight is 352 g/mol. The van der Waals surface area contributed by atoms with E-state index in [1.54, 1.807) is 19.9 Å². The Kier molecular flexibility index (Phi) is 4.47. The lowest BCUT2D eigenvalue weighted by atomic mass is 10.1. The van der Waals surface area contributed by atoms with E-state index in [1.165, 1.54) is 10.7 Å². The number of aryl methyl sites for hydroxylation is 1. The third-order valence-corrected chi connectivity index (χ3v) is 4.47. The SMILES string of the molecule is CC(C)=C(C)C(=O)N[C@@H]1C[C@H]1NC(=O)c1cc(C)nc2c(C#N)cnn12. The molecule has 2 N–H and O–H groups in total. The van der Waals surface area contributed by atoms with Crippen molar-refractivity contribution in [3.63, 3.8) is 0 Å². The van der Waals surface area contributed by atoms with Crippen molar-refractivity contribution in [3.05, 3.63) is 40.4 Å². The van der Waals surface area contributed by atoms with Gasteiger partial charge in [0.05, 0.1) is 18.3 Å². The largest absolute Gasteiger partial charge is 0.347 e. The number of nitrogens with one attached hydrogen (secondary N) is 2. The van der Waals surface area contributed by atoms with Gasteiger partial charge in [0.15, 0.2) is 5.65 Å². The Morgan fingerprint density at radius 3 is 2.62 bits per heavy atom. The number of allylic oxidation sites excluding steroid dienone is 1. The van der Waals surface area contributed by atoms with E-state index in [4.69, 9.17) is 5.26 Å². The molecule has 0 unspecified atom stereocenters. The van der Waals surface area contributed by atoms with Crippen molar-refractivity contribution >= 4 is 17.5 Å². The smallest absolute Gasteiger partial charge is 0.270 e. The molecule has 0 saturated heterocycles. The molecule has 8 nitrogen and oxygen atoms in total.